The molecular weight excluding hydrogens is 412 g/mol. The van der Waals surface area contributed by atoms with E-state index in [1.54, 1.807) is 0 Å². The van der Waals surface area contributed by atoms with Crippen LogP contribution < -0.4 is 5.32 Å². The standard InChI is InChI=1S/C24H28N2O4S/c27-22(21(31)16-18-11-5-2-6-12-18)25-19-13-7-8-14-26(23(19)28)20(24(29)30)15-17-9-3-1-4-10-17/h1-6,9-12,19-21,31H,7-8,13-16H2,(H,25,27)(H,29,30)/t19-,20-,21-/m0/s1. The molecule has 0 spiro atoms. The minimum atomic E-state index is -1.04. The van der Waals surface area contributed by atoms with Crippen molar-refractivity contribution in [3.63, 3.8) is 0 Å². The molecule has 0 aliphatic carbocycles. The molecule has 2 aromatic rings. The lowest BCUT2D eigenvalue weighted by Crippen LogP contribution is -2.54. The number of hydrogen-bond donors (Lipinski definition) is 3. The average Bonchev–Trinajstić information content (AvgIpc) is 2.95. The molecule has 1 fully saturated rings. The maximum absolute atomic E-state index is 13.2. The van der Waals surface area contributed by atoms with Gasteiger partial charge in [-0.3, -0.25) is 9.59 Å². The fraction of sp³-hybridized carbons (Fsp3) is 0.375. The van der Waals surface area contributed by atoms with E-state index in [0.717, 1.165) is 17.5 Å². The van der Waals surface area contributed by atoms with E-state index in [0.29, 0.717) is 25.8 Å². The van der Waals surface area contributed by atoms with Gasteiger partial charge in [0.1, 0.15) is 12.1 Å². The summed E-state index contributed by atoms with van der Waals surface area (Å²) in [6.45, 7) is 0.364. The Morgan fingerprint density at radius 2 is 1.58 bits per heavy atom. The number of rotatable bonds is 8. The van der Waals surface area contributed by atoms with Crippen molar-refractivity contribution < 1.29 is 19.5 Å². The van der Waals surface area contributed by atoms with E-state index in [1.165, 1.54) is 4.90 Å². The molecule has 7 heteroatoms. The smallest absolute Gasteiger partial charge is 0.326 e. The van der Waals surface area contributed by atoms with Crippen LogP contribution in [0.25, 0.3) is 0 Å². The third-order valence-electron chi connectivity index (χ3n) is 5.55. The molecular formula is C24H28N2O4S. The summed E-state index contributed by atoms with van der Waals surface area (Å²) in [7, 11) is 0. The van der Waals surface area contributed by atoms with Crippen molar-refractivity contribution in [3.05, 3.63) is 71.8 Å². The number of carbonyl (C=O) groups is 3. The quantitative estimate of drug-likeness (QED) is 0.551. The summed E-state index contributed by atoms with van der Waals surface area (Å²) in [5, 5.41) is 12.0. The van der Waals surface area contributed by atoms with Gasteiger partial charge in [-0.2, -0.15) is 12.6 Å². The van der Waals surface area contributed by atoms with Crippen LogP contribution in [-0.4, -0.2) is 51.7 Å². The maximum atomic E-state index is 13.2. The van der Waals surface area contributed by atoms with Crippen molar-refractivity contribution >= 4 is 30.4 Å². The number of hydrogen-bond acceptors (Lipinski definition) is 4. The monoisotopic (exact) mass is 440 g/mol. The molecule has 31 heavy (non-hydrogen) atoms. The molecule has 0 saturated carbocycles. The van der Waals surface area contributed by atoms with Gasteiger partial charge < -0.3 is 15.3 Å². The summed E-state index contributed by atoms with van der Waals surface area (Å²) < 4.78 is 0. The van der Waals surface area contributed by atoms with E-state index < -0.39 is 23.3 Å². The van der Waals surface area contributed by atoms with Gasteiger partial charge in [0.25, 0.3) is 0 Å². The molecule has 0 aromatic heterocycles. The minimum absolute atomic E-state index is 0.228. The highest BCUT2D eigenvalue weighted by Gasteiger charge is 2.36. The second-order valence-corrected chi connectivity index (χ2v) is 8.46. The number of aliphatic carboxylic acids is 1. The highest BCUT2D eigenvalue weighted by atomic mass is 32.1. The number of amides is 2. The van der Waals surface area contributed by atoms with Crippen LogP contribution >= 0.6 is 12.6 Å². The Kier molecular flexibility index (Phi) is 8.12. The van der Waals surface area contributed by atoms with E-state index in [9.17, 15) is 19.5 Å². The van der Waals surface area contributed by atoms with Crippen LogP contribution in [0.3, 0.4) is 0 Å². The van der Waals surface area contributed by atoms with Gasteiger partial charge in [0.15, 0.2) is 0 Å². The zero-order valence-corrected chi connectivity index (χ0v) is 18.2. The van der Waals surface area contributed by atoms with Gasteiger partial charge in [-0.1, -0.05) is 60.7 Å². The molecule has 164 valence electrons. The minimum Gasteiger partial charge on any atom is -0.480 e. The lowest BCUT2D eigenvalue weighted by molar-refractivity contribution is -0.151. The van der Waals surface area contributed by atoms with Crippen LogP contribution in [0.15, 0.2) is 60.7 Å². The molecule has 6 nitrogen and oxygen atoms in total. The third-order valence-corrected chi connectivity index (χ3v) is 5.96. The second-order valence-electron chi connectivity index (χ2n) is 7.84. The first-order valence-corrected chi connectivity index (χ1v) is 11.1. The van der Waals surface area contributed by atoms with Gasteiger partial charge in [-0.25, -0.2) is 4.79 Å². The molecule has 2 aromatic carbocycles. The molecule has 1 saturated heterocycles. The van der Waals surface area contributed by atoms with E-state index >= 15 is 0 Å². The zero-order chi connectivity index (χ0) is 22.2. The predicted octanol–water partition coefficient (Wildman–Crippen LogP) is 2.72. The highest BCUT2D eigenvalue weighted by molar-refractivity contribution is 7.81. The Morgan fingerprint density at radius 1 is 1.00 bits per heavy atom. The van der Waals surface area contributed by atoms with Crippen molar-refractivity contribution in [2.45, 2.75) is 49.4 Å². The number of carboxylic acid groups (broad SMARTS) is 1. The number of benzene rings is 2. The van der Waals surface area contributed by atoms with Crippen LogP contribution in [-0.2, 0) is 27.2 Å². The largest absolute Gasteiger partial charge is 0.480 e. The first-order valence-electron chi connectivity index (χ1n) is 10.6. The number of likely N-dealkylation sites (tertiary alicyclic amines) is 1. The molecule has 2 amide bonds. The lowest BCUT2D eigenvalue weighted by atomic mass is 10.0. The Bertz CT molecular complexity index is 891. The molecule has 0 unspecified atom stereocenters. The summed E-state index contributed by atoms with van der Waals surface area (Å²) in [6, 6.07) is 17.1. The van der Waals surface area contributed by atoms with Crippen LogP contribution in [0.2, 0.25) is 0 Å². The summed E-state index contributed by atoms with van der Waals surface area (Å²) in [5.41, 5.74) is 1.84. The number of nitrogens with zero attached hydrogens (tertiary/aromatic N) is 1. The van der Waals surface area contributed by atoms with Crippen molar-refractivity contribution in [1.29, 1.82) is 0 Å². The summed E-state index contributed by atoms with van der Waals surface area (Å²) in [4.78, 5) is 39.3. The highest BCUT2D eigenvalue weighted by Crippen LogP contribution is 2.19. The normalized spacial score (nSPS) is 18.7. The van der Waals surface area contributed by atoms with Gasteiger partial charge >= 0.3 is 5.97 Å². The Hall–Kier alpha value is -2.80. The molecule has 1 aliphatic rings. The average molecular weight is 441 g/mol. The lowest BCUT2D eigenvalue weighted by Gasteiger charge is -2.30. The molecule has 1 aliphatic heterocycles. The van der Waals surface area contributed by atoms with Crippen molar-refractivity contribution in [2.24, 2.45) is 0 Å². The van der Waals surface area contributed by atoms with Gasteiger partial charge in [0, 0.05) is 13.0 Å². The number of carbonyl (C=O) groups excluding carboxylic acids is 2. The van der Waals surface area contributed by atoms with Crippen LogP contribution in [0.5, 0.6) is 0 Å². The van der Waals surface area contributed by atoms with E-state index in [1.807, 2.05) is 60.7 Å². The van der Waals surface area contributed by atoms with Gasteiger partial charge in [0.05, 0.1) is 5.25 Å². The topological polar surface area (TPSA) is 86.7 Å². The number of nitrogens with one attached hydrogen (secondary N) is 1. The van der Waals surface area contributed by atoms with Gasteiger partial charge in [0.2, 0.25) is 11.8 Å². The van der Waals surface area contributed by atoms with E-state index in [2.05, 4.69) is 17.9 Å². The van der Waals surface area contributed by atoms with Crippen LogP contribution in [0.1, 0.15) is 30.4 Å². The summed E-state index contributed by atoms with van der Waals surface area (Å²) >= 11 is 4.42. The van der Waals surface area contributed by atoms with Gasteiger partial charge in [-0.15, -0.1) is 0 Å². The predicted molar refractivity (Wildman–Crippen MR) is 122 cm³/mol. The molecule has 3 rings (SSSR count). The van der Waals surface area contributed by atoms with Crippen molar-refractivity contribution in [3.8, 4) is 0 Å². The fourth-order valence-electron chi connectivity index (χ4n) is 3.87. The SMILES string of the molecule is O=C(N[C@H]1CCCCN([C@@H](Cc2ccccc2)C(=O)O)C1=O)[C@@H](S)Cc1ccccc1. The van der Waals surface area contributed by atoms with E-state index in [-0.39, 0.29) is 18.2 Å². The molecule has 0 bridgehead atoms. The molecule has 2 N–H and O–H groups in total. The maximum Gasteiger partial charge on any atom is 0.326 e. The van der Waals surface area contributed by atoms with Crippen LogP contribution in [0.4, 0.5) is 0 Å². The second kappa shape index (κ2) is 11.0. The van der Waals surface area contributed by atoms with Gasteiger partial charge in [-0.05, 0) is 36.8 Å². The summed E-state index contributed by atoms with van der Waals surface area (Å²) in [5.74, 6) is -1.70. The fourth-order valence-corrected chi connectivity index (χ4v) is 4.16. The zero-order valence-electron chi connectivity index (χ0n) is 17.3. The number of thiol groups is 1. The third kappa shape index (κ3) is 6.34. The Labute approximate surface area is 188 Å². The molecule has 1 heterocycles. The van der Waals surface area contributed by atoms with Crippen molar-refractivity contribution in [2.75, 3.05) is 6.54 Å². The first kappa shape index (κ1) is 22.9. The molecule has 3 atom stereocenters. The molecule has 0 radical (unpaired) electrons. The Morgan fingerprint density at radius 3 is 2.16 bits per heavy atom. The number of carboxylic acids is 1. The van der Waals surface area contributed by atoms with E-state index in [4.69, 9.17) is 0 Å². The Balaban J connectivity index is 1.69. The van der Waals surface area contributed by atoms with Crippen molar-refractivity contribution in [1.82, 2.24) is 10.2 Å². The summed E-state index contributed by atoms with van der Waals surface area (Å²) in [6.07, 6.45) is 2.61. The van der Waals surface area contributed by atoms with Crippen LogP contribution in [0, 0.1) is 0 Å². The first-order chi connectivity index (χ1) is 15.0.